The van der Waals surface area contributed by atoms with Gasteiger partial charge in [-0.05, 0) is 42.2 Å². The molecule has 0 fully saturated rings. The average Bonchev–Trinajstić information content (AvgIpc) is 2.58. The number of sulfonamides is 1. The van der Waals surface area contributed by atoms with E-state index in [1.54, 1.807) is 12.1 Å². The smallest absolute Gasteiger partial charge is 0.241 e. The Morgan fingerprint density at radius 2 is 1.72 bits per heavy atom. The Morgan fingerprint density at radius 1 is 1.08 bits per heavy atom. The van der Waals surface area contributed by atoms with Crippen molar-refractivity contribution in [2.45, 2.75) is 26.8 Å². The Kier molecular flexibility index (Phi) is 6.20. The fourth-order valence-electron chi connectivity index (χ4n) is 2.49. The Bertz CT molecular complexity index is 830. The second-order valence-corrected chi connectivity index (χ2v) is 7.90. The maximum atomic E-state index is 12.3. The van der Waals surface area contributed by atoms with Gasteiger partial charge in [-0.15, -0.1) is 0 Å². The summed E-state index contributed by atoms with van der Waals surface area (Å²) >= 11 is 0. The van der Waals surface area contributed by atoms with Crippen molar-refractivity contribution in [2.24, 2.45) is 0 Å². The summed E-state index contributed by atoms with van der Waals surface area (Å²) in [5.74, 6) is -0.340. The van der Waals surface area contributed by atoms with Gasteiger partial charge in [0.2, 0.25) is 15.9 Å². The molecule has 1 amide bonds. The SMILES string of the molecule is CCc1ccc(N(CC(=O)NCc2ccccc2C)S(C)(=O)=O)cc1. The van der Waals surface area contributed by atoms with Gasteiger partial charge in [-0.1, -0.05) is 43.3 Å². The maximum absolute atomic E-state index is 12.3. The summed E-state index contributed by atoms with van der Waals surface area (Å²) in [6.45, 7) is 4.13. The topological polar surface area (TPSA) is 66.5 Å². The standard InChI is InChI=1S/C19H24N2O3S/c1-4-16-9-11-18(12-10-16)21(25(3,23)24)14-19(22)20-13-17-8-6-5-7-15(17)2/h5-12H,4,13-14H2,1-3H3,(H,20,22). The van der Waals surface area contributed by atoms with Crippen LogP contribution in [0.25, 0.3) is 0 Å². The molecule has 2 aromatic rings. The lowest BCUT2D eigenvalue weighted by atomic mass is 10.1. The van der Waals surface area contributed by atoms with Gasteiger partial charge in [0.05, 0.1) is 11.9 Å². The van der Waals surface area contributed by atoms with Crippen molar-refractivity contribution >= 4 is 21.6 Å². The zero-order chi connectivity index (χ0) is 18.4. The first-order valence-corrected chi connectivity index (χ1v) is 10.0. The van der Waals surface area contributed by atoms with Crippen LogP contribution in [0.4, 0.5) is 5.69 Å². The van der Waals surface area contributed by atoms with Crippen LogP contribution in [0.15, 0.2) is 48.5 Å². The molecule has 0 saturated carbocycles. The molecule has 0 aromatic heterocycles. The van der Waals surface area contributed by atoms with E-state index in [2.05, 4.69) is 5.32 Å². The fraction of sp³-hybridized carbons (Fsp3) is 0.316. The summed E-state index contributed by atoms with van der Waals surface area (Å²) in [5, 5.41) is 2.79. The minimum absolute atomic E-state index is 0.240. The maximum Gasteiger partial charge on any atom is 0.241 e. The summed E-state index contributed by atoms with van der Waals surface area (Å²) < 4.78 is 25.3. The van der Waals surface area contributed by atoms with Crippen molar-refractivity contribution < 1.29 is 13.2 Å². The van der Waals surface area contributed by atoms with Crippen LogP contribution in [0.5, 0.6) is 0 Å². The normalized spacial score (nSPS) is 11.2. The summed E-state index contributed by atoms with van der Waals surface area (Å²) in [6.07, 6.45) is 1.98. The molecule has 0 heterocycles. The zero-order valence-electron chi connectivity index (χ0n) is 14.8. The lowest BCUT2D eigenvalue weighted by Crippen LogP contribution is -2.40. The second-order valence-electron chi connectivity index (χ2n) is 5.99. The van der Waals surface area contributed by atoms with Gasteiger partial charge >= 0.3 is 0 Å². The van der Waals surface area contributed by atoms with E-state index in [-0.39, 0.29) is 12.5 Å². The summed E-state index contributed by atoms with van der Waals surface area (Å²) in [5.41, 5.74) is 3.69. The van der Waals surface area contributed by atoms with Crippen molar-refractivity contribution in [2.75, 3.05) is 17.1 Å². The molecule has 2 aromatic carbocycles. The first kappa shape index (κ1) is 19.0. The van der Waals surface area contributed by atoms with Gasteiger partial charge in [0.15, 0.2) is 0 Å². The zero-order valence-corrected chi connectivity index (χ0v) is 15.6. The third-order valence-electron chi connectivity index (χ3n) is 4.06. The molecule has 0 spiro atoms. The Morgan fingerprint density at radius 3 is 2.28 bits per heavy atom. The van der Waals surface area contributed by atoms with Crippen molar-refractivity contribution in [3.8, 4) is 0 Å². The largest absolute Gasteiger partial charge is 0.350 e. The van der Waals surface area contributed by atoms with Gasteiger partial charge in [-0.2, -0.15) is 0 Å². The summed E-state index contributed by atoms with van der Waals surface area (Å²) in [4.78, 5) is 12.3. The minimum Gasteiger partial charge on any atom is -0.350 e. The first-order chi connectivity index (χ1) is 11.8. The molecule has 25 heavy (non-hydrogen) atoms. The van der Waals surface area contributed by atoms with Gasteiger partial charge < -0.3 is 5.32 Å². The van der Waals surface area contributed by atoms with Gasteiger partial charge in [0.25, 0.3) is 0 Å². The van der Waals surface area contributed by atoms with Crippen molar-refractivity contribution in [1.29, 1.82) is 0 Å². The van der Waals surface area contributed by atoms with Crippen molar-refractivity contribution in [3.05, 3.63) is 65.2 Å². The molecule has 0 aliphatic carbocycles. The Labute approximate surface area is 149 Å². The third-order valence-corrected chi connectivity index (χ3v) is 5.20. The van der Waals surface area contributed by atoms with E-state index in [1.807, 2.05) is 50.2 Å². The number of nitrogens with zero attached hydrogens (tertiary/aromatic N) is 1. The number of benzene rings is 2. The van der Waals surface area contributed by atoms with Crippen LogP contribution in [0.1, 0.15) is 23.6 Å². The monoisotopic (exact) mass is 360 g/mol. The van der Waals surface area contributed by atoms with Crippen molar-refractivity contribution in [1.82, 2.24) is 5.32 Å². The van der Waals surface area contributed by atoms with Crippen LogP contribution >= 0.6 is 0 Å². The molecular weight excluding hydrogens is 336 g/mol. The third kappa shape index (κ3) is 5.32. The average molecular weight is 360 g/mol. The van der Waals surface area contributed by atoms with Gasteiger partial charge in [0, 0.05) is 6.54 Å². The highest BCUT2D eigenvalue weighted by molar-refractivity contribution is 7.92. The van der Waals surface area contributed by atoms with E-state index in [4.69, 9.17) is 0 Å². The molecule has 2 rings (SSSR count). The first-order valence-electron chi connectivity index (χ1n) is 8.19. The molecule has 0 saturated heterocycles. The van der Waals surface area contributed by atoms with Gasteiger partial charge in [-0.3, -0.25) is 9.10 Å². The molecule has 0 unspecified atom stereocenters. The van der Waals surface area contributed by atoms with E-state index < -0.39 is 10.0 Å². The minimum atomic E-state index is -3.55. The van der Waals surface area contributed by atoms with E-state index in [0.717, 1.165) is 33.7 Å². The van der Waals surface area contributed by atoms with Crippen LogP contribution in [-0.2, 0) is 27.8 Å². The van der Waals surface area contributed by atoms with E-state index in [0.29, 0.717) is 12.2 Å². The van der Waals surface area contributed by atoms with Crippen LogP contribution in [-0.4, -0.2) is 27.1 Å². The molecular formula is C19H24N2O3S. The number of amides is 1. The molecule has 0 aliphatic rings. The number of hydrogen-bond acceptors (Lipinski definition) is 3. The van der Waals surface area contributed by atoms with E-state index in [1.165, 1.54) is 0 Å². The molecule has 5 nitrogen and oxygen atoms in total. The van der Waals surface area contributed by atoms with Crippen LogP contribution in [0.2, 0.25) is 0 Å². The number of nitrogens with one attached hydrogen (secondary N) is 1. The number of anilines is 1. The van der Waals surface area contributed by atoms with Gasteiger partial charge in [-0.25, -0.2) is 8.42 Å². The molecule has 0 atom stereocenters. The van der Waals surface area contributed by atoms with Gasteiger partial charge in [0.1, 0.15) is 6.54 Å². The van der Waals surface area contributed by atoms with Crippen molar-refractivity contribution in [3.63, 3.8) is 0 Å². The lowest BCUT2D eigenvalue weighted by molar-refractivity contribution is -0.119. The predicted molar refractivity (Wildman–Crippen MR) is 101 cm³/mol. The fourth-order valence-corrected chi connectivity index (χ4v) is 3.34. The highest BCUT2D eigenvalue weighted by atomic mass is 32.2. The quantitative estimate of drug-likeness (QED) is 0.825. The molecule has 134 valence electrons. The molecule has 0 radical (unpaired) electrons. The Hall–Kier alpha value is -2.34. The highest BCUT2D eigenvalue weighted by Crippen LogP contribution is 2.18. The van der Waals surface area contributed by atoms with Crippen LogP contribution < -0.4 is 9.62 Å². The van der Waals surface area contributed by atoms with Crippen LogP contribution in [0, 0.1) is 6.92 Å². The molecule has 6 heteroatoms. The van der Waals surface area contributed by atoms with Crippen LogP contribution in [0.3, 0.4) is 0 Å². The molecule has 0 aliphatic heterocycles. The molecule has 0 bridgehead atoms. The second kappa shape index (κ2) is 8.16. The number of carbonyl (C=O) groups is 1. The number of aryl methyl sites for hydroxylation is 2. The number of carbonyl (C=O) groups excluding carboxylic acids is 1. The lowest BCUT2D eigenvalue weighted by Gasteiger charge is -2.22. The number of hydrogen-bond donors (Lipinski definition) is 1. The predicted octanol–water partition coefficient (Wildman–Crippen LogP) is 2.64. The molecule has 1 N–H and O–H groups in total. The summed E-state index contributed by atoms with van der Waals surface area (Å²) in [7, 11) is -3.55. The van der Waals surface area contributed by atoms with E-state index in [9.17, 15) is 13.2 Å². The number of rotatable bonds is 7. The van der Waals surface area contributed by atoms with E-state index >= 15 is 0 Å². The highest BCUT2D eigenvalue weighted by Gasteiger charge is 2.20. The Balaban J connectivity index is 2.09. The summed E-state index contributed by atoms with van der Waals surface area (Å²) in [6, 6.07) is 15.0.